The lowest BCUT2D eigenvalue weighted by atomic mass is 9.45. The highest BCUT2D eigenvalue weighted by atomic mass is 16.3. The van der Waals surface area contributed by atoms with E-state index in [2.05, 4.69) is 47.6 Å². The molecule has 4 fully saturated rings. The summed E-state index contributed by atoms with van der Waals surface area (Å²) in [5.41, 5.74) is 3.00. The van der Waals surface area contributed by atoms with Crippen molar-refractivity contribution in [2.45, 2.75) is 92.6 Å². The van der Waals surface area contributed by atoms with Crippen LogP contribution in [0.15, 0.2) is 11.6 Å². The van der Waals surface area contributed by atoms with Gasteiger partial charge >= 0.3 is 0 Å². The molecule has 0 unspecified atom stereocenters. The molecular formula is C24H40O. The molecule has 0 aromatic carbocycles. The number of allylic oxidation sites excluding steroid dienone is 2. The first kappa shape index (κ1) is 18.1. The van der Waals surface area contributed by atoms with Crippen LogP contribution in [0.1, 0.15) is 86.5 Å². The molecule has 4 aliphatic carbocycles. The lowest BCUT2D eigenvalue weighted by molar-refractivity contribution is -0.128. The van der Waals surface area contributed by atoms with Gasteiger partial charge in [0, 0.05) is 0 Å². The first-order chi connectivity index (χ1) is 11.7. The highest BCUT2D eigenvalue weighted by molar-refractivity contribution is 5.23. The molecule has 0 saturated heterocycles. The van der Waals surface area contributed by atoms with Gasteiger partial charge in [0.2, 0.25) is 0 Å². The molecule has 1 nitrogen and oxygen atoms in total. The van der Waals surface area contributed by atoms with E-state index in [1.807, 2.05) is 0 Å². The van der Waals surface area contributed by atoms with Crippen LogP contribution in [0.25, 0.3) is 0 Å². The topological polar surface area (TPSA) is 20.2 Å². The molecule has 9 atom stereocenters. The summed E-state index contributed by atoms with van der Waals surface area (Å²) in [6.07, 6.45) is 12.0. The Morgan fingerprint density at radius 1 is 1.16 bits per heavy atom. The Balaban J connectivity index is 1.62. The van der Waals surface area contributed by atoms with Crippen LogP contribution in [-0.4, -0.2) is 11.2 Å². The summed E-state index contributed by atoms with van der Waals surface area (Å²) in [6.45, 7) is 14.6. The summed E-state index contributed by atoms with van der Waals surface area (Å²) < 4.78 is 0. The van der Waals surface area contributed by atoms with E-state index in [1.54, 1.807) is 0 Å². The molecule has 0 aromatic rings. The van der Waals surface area contributed by atoms with Gasteiger partial charge in [-0.25, -0.2) is 0 Å². The number of aliphatic hydroxyl groups excluding tert-OH is 1. The second kappa shape index (κ2) is 5.60. The van der Waals surface area contributed by atoms with Crippen molar-refractivity contribution in [3.05, 3.63) is 11.6 Å². The Hall–Kier alpha value is -0.300. The molecule has 4 saturated carbocycles. The third-order valence-electron chi connectivity index (χ3n) is 10.0. The minimum Gasteiger partial charge on any atom is -0.393 e. The molecule has 0 amide bonds. The van der Waals surface area contributed by atoms with E-state index >= 15 is 0 Å². The van der Waals surface area contributed by atoms with Crippen LogP contribution in [0.4, 0.5) is 0 Å². The molecule has 0 aliphatic heterocycles. The standard InChI is InChI=1S/C24H40O/c1-15(2)7-8-16(3)18-9-10-23(6)20-13-17(4)21(25)19-14-24(19,20)12-11-22(18,23)5/h7,16-21,25H,8-14H2,1-6H3/t16-,17+,18+,19-,20-,21-,22-,23+,24-/m1/s1. The third-order valence-corrected chi connectivity index (χ3v) is 10.0. The van der Waals surface area contributed by atoms with Crippen molar-refractivity contribution in [3.63, 3.8) is 0 Å². The summed E-state index contributed by atoms with van der Waals surface area (Å²) >= 11 is 0. The Kier molecular flexibility index (Phi) is 4.05. The van der Waals surface area contributed by atoms with E-state index in [0.29, 0.717) is 28.1 Å². The number of fused-ring (bicyclic) bond motifs is 2. The molecule has 0 heterocycles. The van der Waals surface area contributed by atoms with Gasteiger partial charge in [0.05, 0.1) is 6.10 Å². The number of rotatable bonds is 3. The predicted molar refractivity (Wildman–Crippen MR) is 105 cm³/mol. The molecule has 0 bridgehead atoms. The molecule has 1 spiro atoms. The van der Waals surface area contributed by atoms with Crippen molar-refractivity contribution in [2.24, 2.45) is 45.8 Å². The van der Waals surface area contributed by atoms with E-state index in [9.17, 15) is 5.11 Å². The Morgan fingerprint density at radius 2 is 1.88 bits per heavy atom. The van der Waals surface area contributed by atoms with Crippen LogP contribution >= 0.6 is 0 Å². The maximum absolute atomic E-state index is 10.7. The van der Waals surface area contributed by atoms with E-state index < -0.39 is 0 Å². The fourth-order valence-electron chi connectivity index (χ4n) is 8.23. The summed E-state index contributed by atoms with van der Waals surface area (Å²) in [5.74, 6) is 3.68. The van der Waals surface area contributed by atoms with Crippen molar-refractivity contribution >= 4 is 0 Å². The zero-order valence-corrected chi connectivity index (χ0v) is 17.4. The fourth-order valence-corrected chi connectivity index (χ4v) is 8.23. The first-order valence-corrected chi connectivity index (χ1v) is 11.0. The van der Waals surface area contributed by atoms with E-state index in [-0.39, 0.29) is 6.10 Å². The Labute approximate surface area is 155 Å². The number of hydrogen-bond acceptors (Lipinski definition) is 1. The van der Waals surface area contributed by atoms with Crippen molar-refractivity contribution in [1.29, 1.82) is 0 Å². The SMILES string of the molecule is CC(C)=CC[C@@H](C)[C@@H]1CC[C@@]2(C)[C@H]3C[C@H](C)[C@@H](O)[C@H]4C[C@]43CC[C@]12C. The first-order valence-electron chi connectivity index (χ1n) is 11.0. The van der Waals surface area contributed by atoms with Gasteiger partial charge < -0.3 is 5.11 Å². The average Bonchev–Trinajstić information content (AvgIpc) is 3.22. The summed E-state index contributed by atoms with van der Waals surface area (Å²) in [7, 11) is 0. The molecular weight excluding hydrogens is 304 g/mol. The highest BCUT2D eigenvalue weighted by Gasteiger charge is 2.74. The van der Waals surface area contributed by atoms with Crippen molar-refractivity contribution in [1.82, 2.24) is 0 Å². The number of aliphatic hydroxyl groups is 1. The molecule has 1 N–H and O–H groups in total. The van der Waals surface area contributed by atoms with Gasteiger partial charge in [-0.1, -0.05) is 39.3 Å². The minimum absolute atomic E-state index is 0.0157. The quantitative estimate of drug-likeness (QED) is 0.603. The predicted octanol–water partition coefficient (Wildman–Crippen LogP) is 6.22. The van der Waals surface area contributed by atoms with Crippen LogP contribution in [0.2, 0.25) is 0 Å². The minimum atomic E-state index is -0.0157. The summed E-state index contributed by atoms with van der Waals surface area (Å²) in [4.78, 5) is 0. The summed E-state index contributed by atoms with van der Waals surface area (Å²) in [6, 6.07) is 0. The highest BCUT2D eigenvalue weighted by Crippen LogP contribution is 2.80. The van der Waals surface area contributed by atoms with Crippen LogP contribution in [0.3, 0.4) is 0 Å². The summed E-state index contributed by atoms with van der Waals surface area (Å²) in [5, 5.41) is 10.7. The van der Waals surface area contributed by atoms with Crippen LogP contribution < -0.4 is 0 Å². The maximum atomic E-state index is 10.7. The van der Waals surface area contributed by atoms with Gasteiger partial charge in [-0.2, -0.15) is 0 Å². The second-order valence-electron chi connectivity index (χ2n) is 11.3. The van der Waals surface area contributed by atoms with E-state index in [1.165, 1.54) is 50.5 Å². The monoisotopic (exact) mass is 344 g/mol. The Morgan fingerprint density at radius 3 is 2.56 bits per heavy atom. The van der Waals surface area contributed by atoms with Crippen molar-refractivity contribution < 1.29 is 5.11 Å². The van der Waals surface area contributed by atoms with Gasteiger partial charge in [0.25, 0.3) is 0 Å². The van der Waals surface area contributed by atoms with Crippen molar-refractivity contribution in [2.75, 3.05) is 0 Å². The van der Waals surface area contributed by atoms with Gasteiger partial charge in [0.15, 0.2) is 0 Å². The van der Waals surface area contributed by atoms with Crippen molar-refractivity contribution in [3.8, 4) is 0 Å². The van der Waals surface area contributed by atoms with Crippen LogP contribution in [0.5, 0.6) is 0 Å². The molecule has 142 valence electrons. The van der Waals surface area contributed by atoms with Gasteiger partial charge in [-0.15, -0.1) is 0 Å². The zero-order valence-electron chi connectivity index (χ0n) is 17.4. The van der Waals surface area contributed by atoms with Gasteiger partial charge in [0.1, 0.15) is 0 Å². The molecule has 0 radical (unpaired) electrons. The van der Waals surface area contributed by atoms with E-state index in [4.69, 9.17) is 0 Å². The molecule has 4 rings (SSSR count). The number of hydrogen-bond donors (Lipinski definition) is 1. The average molecular weight is 345 g/mol. The maximum Gasteiger partial charge on any atom is 0.0599 e. The lowest BCUT2D eigenvalue weighted by Crippen LogP contribution is -2.54. The molecule has 25 heavy (non-hydrogen) atoms. The molecule has 1 heteroatoms. The Bertz CT molecular complexity index is 575. The molecule has 0 aromatic heterocycles. The zero-order chi connectivity index (χ0) is 18.2. The second-order valence-corrected chi connectivity index (χ2v) is 11.3. The molecule has 4 aliphatic rings. The smallest absolute Gasteiger partial charge is 0.0599 e. The van der Waals surface area contributed by atoms with Crippen LogP contribution in [-0.2, 0) is 0 Å². The fraction of sp³-hybridized carbons (Fsp3) is 0.917. The lowest BCUT2D eigenvalue weighted by Gasteiger charge is -2.60. The van der Waals surface area contributed by atoms with Gasteiger partial charge in [-0.05, 0) is 105 Å². The van der Waals surface area contributed by atoms with Crippen LogP contribution in [0, 0.1) is 45.8 Å². The largest absolute Gasteiger partial charge is 0.393 e. The van der Waals surface area contributed by atoms with E-state index in [0.717, 1.165) is 17.8 Å². The third kappa shape index (κ3) is 2.30. The van der Waals surface area contributed by atoms with Gasteiger partial charge in [-0.3, -0.25) is 0 Å². The normalized spacial score (nSPS) is 54.9.